The van der Waals surface area contributed by atoms with E-state index in [2.05, 4.69) is 270 Å². The van der Waals surface area contributed by atoms with Gasteiger partial charge in [0.15, 0.2) is 0 Å². The number of hydrogen-bond donors (Lipinski definition) is 0. The van der Waals surface area contributed by atoms with Crippen molar-refractivity contribution in [1.29, 1.82) is 0 Å². The summed E-state index contributed by atoms with van der Waals surface area (Å²) in [5.41, 5.74) is 10.9. The van der Waals surface area contributed by atoms with Crippen LogP contribution in [-0.2, 0) is 10.8 Å². The Labute approximate surface area is 414 Å². The monoisotopic (exact) mass is 914 g/mol. The Hall–Kier alpha value is -8.40. The topological polar surface area (TPSA) is 19.6 Å². The second-order valence-corrected chi connectivity index (χ2v) is 21.4. The maximum Gasteiger partial charge on any atom is 0.143 e. The van der Waals surface area contributed by atoms with Crippen LogP contribution in [0.1, 0.15) is 52.7 Å². The first-order valence-electron chi connectivity index (χ1n) is 24.9. The summed E-state index contributed by atoms with van der Waals surface area (Å²) >= 11 is 0. The summed E-state index contributed by atoms with van der Waals surface area (Å²) in [6, 6.07) is 80.7. The molecule has 13 aromatic rings. The van der Waals surface area contributed by atoms with E-state index in [1.165, 1.54) is 65.0 Å². The minimum absolute atomic E-state index is 0.0342. The van der Waals surface area contributed by atoms with Gasteiger partial charge in [-0.25, -0.2) is 0 Å². The van der Waals surface area contributed by atoms with Crippen LogP contribution in [0.3, 0.4) is 0 Å². The van der Waals surface area contributed by atoms with E-state index in [4.69, 9.17) is 4.42 Å². The molecule has 1 aromatic heterocycles. The molecule has 0 aliphatic carbocycles. The van der Waals surface area contributed by atoms with Gasteiger partial charge in [0.05, 0.1) is 0 Å². The Balaban J connectivity index is 0.998. The molecule has 0 amide bonds. The SMILES string of the molecule is CC(C)(C)c1ccc(N(c2ccc3c(c2)oc2c4ccc(N(c5ccc(C(C)(C)C)cc5)c5ccc6ccc7ccccc7c6c5)cc4c4ccccc4c32)c2ccc3ccc4ccccc4c3c2)cc1. The fourth-order valence-corrected chi connectivity index (χ4v) is 11.1. The fourth-order valence-electron chi connectivity index (χ4n) is 11.1. The highest BCUT2D eigenvalue weighted by atomic mass is 16.3. The molecular weight excluding hydrogens is 861 g/mol. The fraction of sp³-hybridized carbons (Fsp3) is 0.118. The van der Waals surface area contributed by atoms with Crippen molar-refractivity contribution >= 4 is 121 Å². The largest absolute Gasteiger partial charge is 0.455 e. The second kappa shape index (κ2) is 16.1. The van der Waals surface area contributed by atoms with Gasteiger partial charge in [0.1, 0.15) is 11.2 Å². The van der Waals surface area contributed by atoms with Crippen LogP contribution in [0.2, 0.25) is 0 Å². The molecule has 0 spiro atoms. The van der Waals surface area contributed by atoms with Crippen molar-refractivity contribution in [2.24, 2.45) is 0 Å². The third-order valence-corrected chi connectivity index (χ3v) is 14.9. The summed E-state index contributed by atoms with van der Waals surface area (Å²) in [6.07, 6.45) is 0. The molecule has 0 saturated carbocycles. The van der Waals surface area contributed by atoms with Crippen molar-refractivity contribution < 1.29 is 4.42 Å². The number of anilines is 6. The van der Waals surface area contributed by atoms with Gasteiger partial charge in [-0.1, -0.05) is 175 Å². The van der Waals surface area contributed by atoms with Crippen LogP contribution < -0.4 is 9.80 Å². The van der Waals surface area contributed by atoms with Gasteiger partial charge in [0, 0.05) is 56.3 Å². The molecule has 3 heteroatoms. The predicted octanol–water partition coefficient (Wildman–Crippen LogP) is 20.0. The minimum atomic E-state index is 0.0342. The van der Waals surface area contributed by atoms with E-state index in [-0.39, 0.29) is 10.8 Å². The number of benzene rings is 12. The van der Waals surface area contributed by atoms with Crippen LogP contribution >= 0.6 is 0 Å². The summed E-state index contributed by atoms with van der Waals surface area (Å²) in [5, 5.41) is 16.7. The highest BCUT2D eigenvalue weighted by Gasteiger charge is 2.23. The van der Waals surface area contributed by atoms with Crippen LogP contribution in [-0.4, -0.2) is 0 Å². The highest BCUT2D eigenvalue weighted by molar-refractivity contribution is 6.30. The molecule has 0 bridgehead atoms. The molecule has 0 N–H and O–H groups in total. The van der Waals surface area contributed by atoms with Crippen LogP contribution in [0.15, 0.2) is 223 Å². The van der Waals surface area contributed by atoms with E-state index < -0.39 is 0 Å². The first-order chi connectivity index (χ1) is 34.4. The third kappa shape index (κ3) is 7.18. The zero-order valence-corrected chi connectivity index (χ0v) is 41.1. The Morgan fingerprint density at radius 2 is 0.648 bits per heavy atom. The maximum atomic E-state index is 7.19. The van der Waals surface area contributed by atoms with Gasteiger partial charge in [-0.05, 0) is 160 Å². The molecule has 0 aliphatic heterocycles. The first-order valence-corrected chi connectivity index (χ1v) is 24.9. The van der Waals surface area contributed by atoms with Gasteiger partial charge in [0.25, 0.3) is 0 Å². The number of rotatable bonds is 6. The smallest absolute Gasteiger partial charge is 0.143 e. The lowest BCUT2D eigenvalue weighted by Gasteiger charge is -2.28. The summed E-state index contributed by atoms with van der Waals surface area (Å²) in [7, 11) is 0. The van der Waals surface area contributed by atoms with Crippen LogP contribution in [0, 0.1) is 0 Å². The van der Waals surface area contributed by atoms with E-state index in [0.29, 0.717) is 0 Å². The van der Waals surface area contributed by atoms with Gasteiger partial charge in [-0.3, -0.25) is 0 Å². The Kier molecular flexibility index (Phi) is 9.67. The van der Waals surface area contributed by atoms with Gasteiger partial charge in [-0.2, -0.15) is 0 Å². The molecule has 1 heterocycles. The summed E-state index contributed by atoms with van der Waals surface area (Å²) in [6.45, 7) is 13.6. The number of nitrogens with zero attached hydrogens (tertiary/aromatic N) is 2. The lowest BCUT2D eigenvalue weighted by Crippen LogP contribution is -2.13. The molecule has 0 fully saturated rings. The molecule has 0 saturated heterocycles. The van der Waals surface area contributed by atoms with Gasteiger partial charge < -0.3 is 14.2 Å². The zero-order valence-electron chi connectivity index (χ0n) is 41.1. The molecule has 12 aromatic carbocycles. The van der Waals surface area contributed by atoms with Crippen molar-refractivity contribution in [2.45, 2.75) is 52.4 Å². The highest BCUT2D eigenvalue weighted by Crippen LogP contribution is 2.47. The Morgan fingerprint density at radius 3 is 1.14 bits per heavy atom. The summed E-state index contributed by atoms with van der Waals surface area (Å²) in [5.74, 6) is 0. The Bertz CT molecular complexity index is 4240. The van der Waals surface area contributed by atoms with Crippen molar-refractivity contribution in [3.63, 3.8) is 0 Å². The molecule has 0 radical (unpaired) electrons. The van der Waals surface area contributed by atoms with Crippen LogP contribution in [0.5, 0.6) is 0 Å². The van der Waals surface area contributed by atoms with Crippen molar-refractivity contribution in [1.82, 2.24) is 0 Å². The molecule has 0 unspecified atom stereocenters. The molecule has 13 rings (SSSR count). The lowest BCUT2D eigenvalue weighted by molar-refractivity contribution is 0.590. The van der Waals surface area contributed by atoms with Gasteiger partial charge in [-0.15, -0.1) is 0 Å². The second-order valence-electron chi connectivity index (χ2n) is 21.4. The number of furan rings is 1. The molecule has 71 heavy (non-hydrogen) atoms. The molecule has 342 valence electrons. The summed E-state index contributed by atoms with van der Waals surface area (Å²) in [4.78, 5) is 4.79. The van der Waals surface area contributed by atoms with E-state index in [9.17, 15) is 0 Å². The van der Waals surface area contributed by atoms with Crippen LogP contribution in [0.4, 0.5) is 34.1 Å². The molecular formula is C68H54N2O. The predicted molar refractivity (Wildman–Crippen MR) is 306 cm³/mol. The number of fused-ring (bicyclic) bond motifs is 14. The van der Waals surface area contributed by atoms with Crippen molar-refractivity contribution in [3.8, 4) is 0 Å². The summed E-state index contributed by atoms with van der Waals surface area (Å²) < 4.78 is 7.19. The van der Waals surface area contributed by atoms with Gasteiger partial charge in [0.2, 0.25) is 0 Å². The normalized spacial score (nSPS) is 12.4. The Morgan fingerprint density at radius 1 is 0.282 bits per heavy atom. The lowest BCUT2D eigenvalue weighted by atomic mass is 9.87. The number of hydrogen-bond acceptors (Lipinski definition) is 3. The quantitative estimate of drug-likeness (QED) is 0.155. The third-order valence-electron chi connectivity index (χ3n) is 14.9. The average molecular weight is 915 g/mol. The van der Waals surface area contributed by atoms with Crippen molar-refractivity contribution in [3.05, 3.63) is 230 Å². The first kappa shape index (κ1) is 42.7. The average Bonchev–Trinajstić information content (AvgIpc) is 3.78. The van der Waals surface area contributed by atoms with Crippen molar-refractivity contribution in [2.75, 3.05) is 9.80 Å². The van der Waals surface area contributed by atoms with Gasteiger partial charge >= 0.3 is 0 Å². The van der Waals surface area contributed by atoms with E-state index in [1.807, 2.05) is 0 Å². The molecule has 0 aliphatic rings. The van der Waals surface area contributed by atoms with E-state index >= 15 is 0 Å². The minimum Gasteiger partial charge on any atom is -0.455 e. The van der Waals surface area contributed by atoms with E-state index in [1.54, 1.807) is 0 Å². The maximum absolute atomic E-state index is 7.19. The van der Waals surface area contributed by atoms with E-state index in [0.717, 1.165) is 66.8 Å². The zero-order chi connectivity index (χ0) is 48.2. The van der Waals surface area contributed by atoms with Crippen LogP contribution in [0.25, 0.3) is 86.6 Å². The molecule has 0 atom stereocenters. The molecule has 3 nitrogen and oxygen atoms in total. The standard InChI is InChI=1S/C68H54N2O/c1-67(2,3)47-25-31-49(32-26-47)69(51-29-23-45-21-19-43-13-7-9-15-55(43)61(45)39-51)53-35-37-59-63(41-53)57-17-11-12-18-58(57)65-60-38-36-54(42-64(60)71-66(59)65)70(50-33-27-48(28-34-50)68(4,5)6)52-30-24-46-22-20-44-14-8-10-16-56(44)62(46)40-52/h7-42H,1-6H3.